The largest absolute Gasteiger partial charge is 0.326 e. The summed E-state index contributed by atoms with van der Waals surface area (Å²) >= 11 is 0. The Morgan fingerprint density at radius 2 is 2.00 bits per heavy atom. The summed E-state index contributed by atoms with van der Waals surface area (Å²) in [5.41, 5.74) is 5.93. The maximum absolute atomic E-state index is 5.93. The second kappa shape index (κ2) is 2.89. The molecular formula is C8H18N2. The van der Waals surface area contributed by atoms with E-state index in [0.29, 0.717) is 12.0 Å². The van der Waals surface area contributed by atoms with Gasteiger partial charge in [0.25, 0.3) is 0 Å². The van der Waals surface area contributed by atoms with Gasteiger partial charge in [0.15, 0.2) is 0 Å². The molecule has 1 aliphatic rings. The second-order valence-corrected chi connectivity index (χ2v) is 3.79. The van der Waals surface area contributed by atoms with Crippen molar-refractivity contribution in [2.24, 2.45) is 17.6 Å². The molecule has 0 unspecified atom stereocenters. The monoisotopic (exact) mass is 142 g/mol. The van der Waals surface area contributed by atoms with Gasteiger partial charge in [-0.25, -0.2) is 0 Å². The quantitative estimate of drug-likeness (QED) is 0.578. The van der Waals surface area contributed by atoms with E-state index in [0.717, 1.165) is 12.5 Å². The molecule has 2 heteroatoms. The average molecular weight is 142 g/mol. The molecule has 1 aliphatic heterocycles. The van der Waals surface area contributed by atoms with E-state index in [1.165, 1.54) is 6.54 Å². The van der Waals surface area contributed by atoms with Crippen molar-refractivity contribution in [2.75, 3.05) is 20.1 Å². The third-order valence-electron chi connectivity index (χ3n) is 2.45. The van der Waals surface area contributed by atoms with E-state index in [4.69, 9.17) is 5.73 Å². The van der Waals surface area contributed by atoms with Crippen LogP contribution in [0.25, 0.3) is 0 Å². The van der Waals surface area contributed by atoms with E-state index in [9.17, 15) is 0 Å². The van der Waals surface area contributed by atoms with E-state index in [1.807, 2.05) is 0 Å². The van der Waals surface area contributed by atoms with Crippen LogP contribution in [-0.2, 0) is 0 Å². The lowest BCUT2D eigenvalue weighted by Crippen LogP contribution is -2.31. The highest BCUT2D eigenvalue weighted by Gasteiger charge is 2.29. The number of rotatable bonds is 1. The van der Waals surface area contributed by atoms with Crippen LogP contribution in [0.3, 0.4) is 0 Å². The number of likely N-dealkylation sites (N-methyl/N-ethyl adjacent to an activating group) is 1. The van der Waals surface area contributed by atoms with Crippen LogP contribution < -0.4 is 5.73 Å². The molecule has 0 bridgehead atoms. The molecular weight excluding hydrogens is 124 g/mol. The molecule has 2 nitrogen and oxygen atoms in total. The lowest BCUT2D eigenvalue weighted by Gasteiger charge is -2.17. The first-order valence-corrected chi connectivity index (χ1v) is 4.05. The Kier molecular flexibility index (Phi) is 2.32. The first-order chi connectivity index (χ1) is 4.61. The van der Waals surface area contributed by atoms with Crippen molar-refractivity contribution in [3.8, 4) is 0 Å². The highest BCUT2D eigenvalue weighted by atomic mass is 15.1. The summed E-state index contributed by atoms with van der Waals surface area (Å²) in [7, 11) is 2.14. The smallest absolute Gasteiger partial charge is 0.0211 e. The maximum Gasteiger partial charge on any atom is 0.0211 e. The highest BCUT2D eigenvalue weighted by molar-refractivity contribution is 4.86. The van der Waals surface area contributed by atoms with Crippen molar-refractivity contribution < 1.29 is 0 Å². The average Bonchev–Trinajstić information content (AvgIpc) is 2.10. The van der Waals surface area contributed by atoms with E-state index in [1.54, 1.807) is 0 Å². The number of nitrogens with two attached hydrogens (primary N) is 1. The maximum atomic E-state index is 5.93. The molecule has 2 N–H and O–H groups in total. The van der Waals surface area contributed by atoms with E-state index >= 15 is 0 Å². The molecule has 1 heterocycles. The minimum atomic E-state index is 0.407. The first kappa shape index (κ1) is 8.02. The molecule has 0 aromatic heterocycles. The van der Waals surface area contributed by atoms with Crippen LogP contribution in [-0.4, -0.2) is 31.1 Å². The molecule has 0 radical (unpaired) electrons. The van der Waals surface area contributed by atoms with Gasteiger partial charge in [0.2, 0.25) is 0 Å². The highest BCUT2D eigenvalue weighted by Crippen LogP contribution is 2.21. The van der Waals surface area contributed by atoms with Crippen molar-refractivity contribution in [3.63, 3.8) is 0 Å². The van der Waals surface area contributed by atoms with Crippen molar-refractivity contribution in [3.05, 3.63) is 0 Å². The molecule has 0 aliphatic carbocycles. The van der Waals surface area contributed by atoms with E-state index < -0.39 is 0 Å². The number of hydrogen-bond acceptors (Lipinski definition) is 2. The van der Waals surface area contributed by atoms with Crippen LogP contribution in [0.4, 0.5) is 0 Å². The van der Waals surface area contributed by atoms with Gasteiger partial charge in [-0.05, 0) is 18.9 Å². The zero-order valence-electron chi connectivity index (χ0n) is 7.17. The first-order valence-electron chi connectivity index (χ1n) is 4.05. The fourth-order valence-electron chi connectivity index (χ4n) is 1.77. The molecule has 2 atom stereocenters. The van der Waals surface area contributed by atoms with Gasteiger partial charge in [-0.2, -0.15) is 0 Å². The van der Waals surface area contributed by atoms with Gasteiger partial charge in [-0.3, -0.25) is 0 Å². The Bertz CT molecular complexity index is 112. The summed E-state index contributed by atoms with van der Waals surface area (Å²) in [6.07, 6.45) is 0. The van der Waals surface area contributed by atoms with E-state index in [2.05, 4.69) is 25.8 Å². The zero-order valence-corrected chi connectivity index (χ0v) is 7.17. The molecule has 60 valence electrons. The third kappa shape index (κ3) is 1.50. The standard InChI is InChI=1S/C8H18N2/c1-6(2)7-4-10(3)5-8(7)9/h6-8H,4-5,9H2,1-3H3/t7-,8+/m1/s1. The summed E-state index contributed by atoms with van der Waals surface area (Å²) in [5, 5.41) is 0. The Morgan fingerprint density at radius 3 is 2.20 bits per heavy atom. The fraction of sp³-hybridized carbons (Fsp3) is 1.00. The predicted molar refractivity (Wildman–Crippen MR) is 43.8 cm³/mol. The second-order valence-electron chi connectivity index (χ2n) is 3.79. The Balaban J connectivity index is 2.46. The summed E-state index contributed by atoms with van der Waals surface area (Å²) in [6, 6.07) is 0.407. The summed E-state index contributed by atoms with van der Waals surface area (Å²) < 4.78 is 0. The van der Waals surface area contributed by atoms with Crippen molar-refractivity contribution >= 4 is 0 Å². The van der Waals surface area contributed by atoms with Gasteiger partial charge in [0.1, 0.15) is 0 Å². The molecule has 0 aromatic carbocycles. The molecule has 10 heavy (non-hydrogen) atoms. The van der Waals surface area contributed by atoms with Crippen LogP contribution in [0.5, 0.6) is 0 Å². The topological polar surface area (TPSA) is 29.3 Å². The summed E-state index contributed by atoms with van der Waals surface area (Å²) in [4.78, 5) is 2.31. The molecule has 0 aromatic rings. The Labute approximate surface area is 63.4 Å². The molecule has 0 amide bonds. The van der Waals surface area contributed by atoms with Crippen LogP contribution in [0.2, 0.25) is 0 Å². The molecule has 0 saturated carbocycles. The Hall–Kier alpha value is -0.0800. The summed E-state index contributed by atoms with van der Waals surface area (Å²) in [5.74, 6) is 1.45. The zero-order chi connectivity index (χ0) is 7.72. The predicted octanol–water partition coefficient (Wildman–Crippen LogP) is 0.531. The minimum Gasteiger partial charge on any atom is -0.326 e. The molecule has 1 rings (SSSR count). The fourth-order valence-corrected chi connectivity index (χ4v) is 1.77. The third-order valence-corrected chi connectivity index (χ3v) is 2.45. The Morgan fingerprint density at radius 1 is 1.40 bits per heavy atom. The van der Waals surface area contributed by atoms with Crippen molar-refractivity contribution in [1.29, 1.82) is 0 Å². The van der Waals surface area contributed by atoms with Gasteiger partial charge in [-0.1, -0.05) is 13.8 Å². The van der Waals surface area contributed by atoms with E-state index in [-0.39, 0.29) is 0 Å². The number of hydrogen-bond donors (Lipinski definition) is 1. The van der Waals surface area contributed by atoms with Gasteiger partial charge in [-0.15, -0.1) is 0 Å². The van der Waals surface area contributed by atoms with Gasteiger partial charge >= 0.3 is 0 Å². The van der Waals surface area contributed by atoms with Crippen LogP contribution in [0.15, 0.2) is 0 Å². The summed E-state index contributed by atoms with van der Waals surface area (Å²) in [6.45, 7) is 6.76. The van der Waals surface area contributed by atoms with Crippen LogP contribution in [0.1, 0.15) is 13.8 Å². The van der Waals surface area contributed by atoms with Crippen molar-refractivity contribution in [2.45, 2.75) is 19.9 Å². The molecule has 0 spiro atoms. The van der Waals surface area contributed by atoms with Gasteiger partial charge < -0.3 is 10.6 Å². The van der Waals surface area contributed by atoms with Gasteiger partial charge in [0.05, 0.1) is 0 Å². The number of nitrogens with zero attached hydrogens (tertiary/aromatic N) is 1. The van der Waals surface area contributed by atoms with Gasteiger partial charge in [0, 0.05) is 19.1 Å². The SMILES string of the molecule is CC(C)[C@H]1CN(C)C[C@@H]1N. The molecule has 1 saturated heterocycles. The molecule has 1 fully saturated rings. The van der Waals surface area contributed by atoms with Crippen LogP contribution >= 0.6 is 0 Å². The lowest BCUT2D eigenvalue weighted by molar-refractivity contribution is 0.344. The van der Waals surface area contributed by atoms with Crippen LogP contribution in [0, 0.1) is 11.8 Å². The normalized spacial score (nSPS) is 35.7. The lowest BCUT2D eigenvalue weighted by atomic mass is 9.92. The minimum absolute atomic E-state index is 0.407. The van der Waals surface area contributed by atoms with Crippen molar-refractivity contribution in [1.82, 2.24) is 4.90 Å². The number of likely N-dealkylation sites (tertiary alicyclic amines) is 1.